The van der Waals surface area contributed by atoms with E-state index < -0.39 is 11.6 Å². The van der Waals surface area contributed by atoms with E-state index >= 15 is 0 Å². The van der Waals surface area contributed by atoms with E-state index in [0.29, 0.717) is 5.56 Å². The molecule has 0 fully saturated rings. The topological polar surface area (TPSA) is 34.1 Å². The molecule has 3 heteroatoms. The van der Waals surface area contributed by atoms with Gasteiger partial charge >= 0.3 is 0 Å². The Hall–Kier alpha value is -2.29. The van der Waals surface area contributed by atoms with E-state index in [4.69, 9.17) is 0 Å². The fourth-order valence-electron chi connectivity index (χ4n) is 1.69. The lowest BCUT2D eigenvalue weighted by atomic mass is 10.0. The smallest absolute Gasteiger partial charge is 0.228 e. The van der Waals surface area contributed by atoms with E-state index in [2.05, 4.69) is 0 Å². The second-order valence-corrected chi connectivity index (χ2v) is 3.97. The third-order valence-electron chi connectivity index (χ3n) is 2.62. The van der Waals surface area contributed by atoms with Gasteiger partial charge in [0.2, 0.25) is 5.78 Å². The molecule has 2 rings (SSSR count). The first-order valence-electron chi connectivity index (χ1n) is 5.49. The summed E-state index contributed by atoms with van der Waals surface area (Å²) in [6.45, 7) is 1.24. The van der Waals surface area contributed by atoms with Gasteiger partial charge in [-0.1, -0.05) is 36.4 Å². The molecule has 0 bridgehead atoms. The quantitative estimate of drug-likeness (QED) is 0.611. The summed E-state index contributed by atoms with van der Waals surface area (Å²) < 4.78 is 13.1. The predicted molar refractivity (Wildman–Crippen MR) is 66.8 cm³/mol. The molecule has 0 saturated carbocycles. The van der Waals surface area contributed by atoms with Crippen LogP contribution in [-0.4, -0.2) is 11.6 Å². The van der Waals surface area contributed by atoms with Gasteiger partial charge in [-0.25, -0.2) is 4.39 Å². The third-order valence-corrected chi connectivity index (χ3v) is 2.62. The van der Waals surface area contributed by atoms with Gasteiger partial charge in [0.05, 0.1) is 0 Å². The minimum atomic E-state index is -0.513. The maximum Gasteiger partial charge on any atom is 0.228 e. The summed E-state index contributed by atoms with van der Waals surface area (Å²) in [5.41, 5.74) is 1.88. The van der Waals surface area contributed by atoms with Crippen LogP contribution in [0.15, 0.2) is 48.5 Å². The van der Waals surface area contributed by atoms with Crippen LogP contribution in [0, 0.1) is 5.82 Å². The average molecular weight is 242 g/mol. The summed E-state index contributed by atoms with van der Waals surface area (Å²) in [4.78, 5) is 22.4. The van der Waals surface area contributed by atoms with E-state index in [0.717, 1.165) is 11.1 Å². The van der Waals surface area contributed by atoms with Crippen molar-refractivity contribution in [2.75, 3.05) is 0 Å². The number of rotatable bonds is 3. The van der Waals surface area contributed by atoms with E-state index in [9.17, 15) is 14.0 Å². The molecule has 0 aliphatic carbocycles. The lowest BCUT2D eigenvalue weighted by Crippen LogP contribution is -2.09. The second-order valence-electron chi connectivity index (χ2n) is 3.97. The Morgan fingerprint density at radius 2 is 1.61 bits per heavy atom. The van der Waals surface area contributed by atoms with Crippen molar-refractivity contribution < 1.29 is 14.0 Å². The van der Waals surface area contributed by atoms with Gasteiger partial charge in [-0.05, 0) is 23.3 Å². The van der Waals surface area contributed by atoms with Gasteiger partial charge in [0.1, 0.15) is 5.82 Å². The molecule has 0 aliphatic rings. The van der Waals surface area contributed by atoms with Crippen LogP contribution in [0.25, 0.3) is 11.1 Å². The molecule has 0 heterocycles. The van der Waals surface area contributed by atoms with Gasteiger partial charge in [0.15, 0.2) is 5.78 Å². The number of hydrogen-bond donors (Lipinski definition) is 0. The lowest BCUT2D eigenvalue weighted by molar-refractivity contribution is -0.113. The van der Waals surface area contributed by atoms with Crippen molar-refractivity contribution >= 4 is 11.6 Å². The number of Topliss-reactive ketones (excluding diaryl/α,β-unsaturated/α-hetero) is 2. The van der Waals surface area contributed by atoms with E-state index in [1.807, 2.05) is 0 Å². The lowest BCUT2D eigenvalue weighted by Gasteiger charge is -2.03. The highest BCUT2D eigenvalue weighted by Crippen LogP contribution is 2.20. The minimum absolute atomic E-state index is 0.309. The van der Waals surface area contributed by atoms with Crippen molar-refractivity contribution in [2.45, 2.75) is 6.92 Å². The zero-order valence-electron chi connectivity index (χ0n) is 9.81. The van der Waals surface area contributed by atoms with Gasteiger partial charge in [0, 0.05) is 12.5 Å². The Kier molecular flexibility index (Phi) is 3.33. The molecular formula is C15H11FO2. The summed E-state index contributed by atoms with van der Waals surface area (Å²) >= 11 is 0. The largest absolute Gasteiger partial charge is 0.291 e. The summed E-state index contributed by atoms with van der Waals surface area (Å²) in [5.74, 6) is -1.31. The Labute approximate surface area is 104 Å². The third kappa shape index (κ3) is 2.51. The molecule has 0 N–H and O–H groups in total. The fourth-order valence-corrected chi connectivity index (χ4v) is 1.69. The zero-order valence-corrected chi connectivity index (χ0v) is 9.81. The zero-order chi connectivity index (χ0) is 13.1. The van der Waals surface area contributed by atoms with Crippen LogP contribution in [0.1, 0.15) is 17.3 Å². The van der Waals surface area contributed by atoms with Gasteiger partial charge < -0.3 is 0 Å². The van der Waals surface area contributed by atoms with Gasteiger partial charge in [-0.15, -0.1) is 0 Å². The average Bonchev–Trinajstić information content (AvgIpc) is 2.38. The molecule has 0 aromatic heterocycles. The summed E-state index contributed by atoms with van der Waals surface area (Å²) in [6, 6.07) is 12.7. The molecule has 0 amide bonds. The standard InChI is InChI=1S/C15H11FO2/c1-10(17)15(18)12-7-5-11(6-8-12)13-3-2-4-14(16)9-13/h2-9H,1H3. The van der Waals surface area contributed by atoms with E-state index in [1.165, 1.54) is 19.1 Å². The van der Waals surface area contributed by atoms with Crippen LogP contribution in [0.3, 0.4) is 0 Å². The Morgan fingerprint density at radius 1 is 0.944 bits per heavy atom. The molecule has 0 atom stereocenters. The van der Waals surface area contributed by atoms with Crippen molar-refractivity contribution in [3.05, 3.63) is 59.9 Å². The molecule has 0 radical (unpaired) electrons. The first kappa shape index (κ1) is 12.2. The van der Waals surface area contributed by atoms with Gasteiger partial charge in [-0.2, -0.15) is 0 Å². The van der Waals surface area contributed by atoms with Crippen molar-refractivity contribution in [1.29, 1.82) is 0 Å². The Balaban J connectivity index is 2.33. The number of carbonyl (C=O) groups is 2. The highest BCUT2D eigenvalue weighted by molar-refractivity contribution is 6.42. The van der Waals surface area contributed by atoms with E-state index in [-0.39, 0.29) is 5.82 Å². The van der Waals surface area contributed by atoms with Gasteiger partial charge in [-0.3, -0.25) is 9.59 Å². The second kappa shape index (κ2) is 4.92. The highest BCUT2D eigenvalue weighted by Gasteiger charge is 2.10. The Morgan fingerprint density at radius 3 is 2.17 bits per heavy atom. The molecule has 2 aromatic rings. The van der Waals surface area contributed by atoms with E-state index in [1.54, 1.807) is 36.4 Å². The first-order chi connectivity index (χ1) is 8.58. The monoisotopic (exact) mass is 242 g/mol. The van der Waals surface area contributed by atoms with Crippen molar-refractivity contribution in [2.24, 2.45) is 0 Å². The van der Waals surface area contributed by atoms with Crippen LogP contribution < -0.4 is 0 Å². The van der Waals surface area contributed by atoms with Gasteiger partial charge in [0.25, 0.3) is 0 Å². The number of ketones is 2. The number of hydrogen-bond acceptors (Lipinski definition) is 2. The van der Waals surface area contributed by atoms with Crippen molar-refractivity contribution in [3.63, 3.8) is 0 Å². The molecule has 2 aromatic carbocycles. The molecule has 90 valence electrons. The predicted octanol–water partition coefficient (Wildman–Crippen LogP) is 3.26. The Bertz CT molecular complexity index is 600. The molecule has 0 aliphatic heterocycles. The van der Waals surface area contributed by atoms with Crippen molar-refractivity contribution in [3.8, 4) is 11.1 Å². The maximum absolute atomic E-state index is 13.1. The van der Waals surface area contributed by atoms with Crippen LogP contribution >= 0.6 is 0 Å². The highest BCUT2D eigenvalue weighted by atomic mass is 19.1. The molecule has 18 heavy (non-hydrogen) atoms. The SMILES string of the molecule is CC(=O)C(=O)c1ccc(-c2cccc(F)c2)cc1. The molecule has 0 saturated heterocycles. The minimum Gasteiger partial charge on any atom is -0.291 e. The number of carbonyl (C=O) groups excluding carboxylic acids is 2. The van der Waals surface area contributed by atoms with Crippen molar-refractivity contribution in [1.82, 2.24) is 0 Å². The molecular weight excluding hydrogens is 231 g/mol. The maximum atomic E-state index is 13.1. The van der Waals surface area contributed by atoms with Crippen LogP contribution in [0.5, 0.6) is 0 Å². The summed E-state index contributed by atoms with van der Waals surface area (Å²) in [7, 11) is 0. The van der Waals surface area contributed by atoms with Crippen LogP contribution in [-0.2, 0) is 4.79 Å². The number of halogens is 1. The fraction of sp³-hybridized carbons (Fsp3) is 0.0667. The van der Waals surface area contributed by atoms with Crippen LogP contribution in [0.2, 0.25) is 0 Å². The molecule has 2 nitrogen and oxygen atoms in total. The number of benzene rings is 2. The van der Waals surface area contributed by atoms with Crippen LogP contribution in [0.4, 0.5) is 4.39 Å². The normalized spacial score (nSPS) is 10.1. The summed E-state index contributed by atoms with van der Waals surface area (Å²) in [5, 5.41) is 0. The first-order valence-corrected chi connectivity index (χ1v) is 5.49. The molecule has 0 unspecified atom stereocenters. The molecule has 0 spiro atoms. The summed E-state index contributed by atoms with van der Waals surface area (Å²) in [6.07, 6.45) is 0.